The normalized spacial score (nSPS) is 12.0. The van der Waals surface area contributed by atoms with Gasteiger partial charge in [-0.05, 0) is 52.0 Å². The molecule has 2 N–H and O–H groups in total. The summed E-state index contributed by atoms with van der Waals surface area (Å²) in [6, 6.07) is 13.7. The number of aromatic nitrogens is 4. The van der Waals surface area contributed by atoms with Crippen molar-refractivity contribution in [3.8, 4) is 28.4 Å². The number of nitrogens with zero attached hydrogens (tertiary/aromatic N) is 4. The maximum Gasteiger partial charge on any atom is 0.180 e. The van der Waals surface area contributed by atoms with Crippen LogP contribution < -0.4 is 9.47 Å². The number of ether oxygens (including phenoxy) is 3. The molecule has 9 heteroatoms. The van der Waals surface area contributed by atoms with E-state index in [9.17, 15) is 10.2 Å². The second-order valence-electron chi connectivity index (χ2n) is 8.74. The second kappa shape index (κ2) is 10.1. The van der Waals surface area contributed by atoms with E-state index in [1.807, 2.05) is 78.9 Å². The average molecular weight is 481 g/mol. The fraction of sp³-hybridized carbons (Fsp3) is 0.385. The summed E-state index contributed by atoms with van der Waals surface area (Å²) in [5.74, 6) is 1.39. The Morgan fingerprint density at radius 1 is 1.00 bits per heavy atom. The summed E-state index contributed by atoms with van der Waals surface area (Å²) in [5, 5.41) is 29.5. The zero-order valence-electron chi connectivity index (χ0n) is 20.7. The van der Waals surface area contributed by atoms with Crippen LogP contribution in [-0.2, 0) is 18.4 Å². The molecule has 0 aliphatic heterocycles. The van der Waals surface area contributed by atoms with Crippen molar-refractivity contribution in [3.05, 3.63) is 54.4 Å². The SMILES string of the molecule is CCOc1cc(OCC)cc(-c2cc(COC(C)(C)C(O)O)nn2-c2cccc3cnn(C)c23)c1. The molecular weight excluding hydrogens is 448 g/mol. The van der Waals surface area contributed by atoms with Crippen LogP contribution in [0.5, 0.6) is 11.5 Å². The number of hydrogen-bond donors (Lipinski definition) is 2. The van der Waals surface area contributed by atoms with Gasteiger partial charge in [-0.2, -0.15) is 10.2 Å². The van der Waals surface area contributed by atoms with E-state index in [1.165, 1.54) is 0 Å². The molecule has 9 nitrogen and oxygen atoms in total. The second-order valence-corrected chi connectivity index (χ2v) is 8.74. The van der Waals surface area contributed by atoms with Crippen molar-refractivity contribution in [2.75, 3.05) is 13.2 Å². The third-order valence-electron chi connectivity index (χ3n) is 5.74. The number of hydrogen-bond acceptors (Lipinski definition) is 7. The van der Waals surface area contributed by atoms with Crippen molar-refractivity contribution < 1.29 is 24.4 Å². The van der Waals surface area contributed by atoms with Gasteiger partial charge in [0.25, 0.3) is 0 Å². The van der Waals surface area contributed by atoms with Crippen molar-refractivity contribution in [1.29, 1.82) is 0 Å². The Kier molecular flexibility index (Phi) is 7.11. The minimum atomic E-state index is -1.62. The predicted molar refractivity (Wildman–Crippen MR) is 133 cm³/mol. The van der Waals surface area contributed by atoms with Gasteiger partial charge in [0.2, 0.25) is 0 Å². The molecule has 0 aliphatic carbocycles. The van der Waals surface area contributed by atoms with Crippen LogP contribution in [0, 0.1) is 0 Å². The smallest absolute Gasteiger partial charge is 0.180 e. The number of para-hydroxylation sites is 1. The molecule has 186 valence electrons. The van der Waals surface area contributed by atoms with E-state index in [1.54, 1.807) is 13.8 Å². The number of rotatable bonds is 10. The maximum atomic E-state index is 9.63. The summed E-state index contributed by atoms with van der Waals surface area (Å²) in [5.41, 5.74) is 2.93. The molecule has 0 atom stereocenters. The first-order valence-electron chi connectivity index (χ1n) is 11.6. The van der Waals surface area contributed by atoms with Gasteiger partial charge in [-0.15, -0.1) is 0 Å². The summed E-state index contributed by atoms with van der Waals surface area (Å²) >= 11 is 0. The first kappa shape index (κ1) is 24.7. The molecule has 0 aliphatic rings. The maximum absolute atomic E-state index is 9.63. The third-order valence-corrected chi connectivity index (χ3v) is 5.74. The van der Waals surface area contributed by atoms with Crippen LogP contribution in [0.1, 0.15) is 33.4 Å². The van der Waals surface area contributed by atoms with E-state index in [4.69, 9.17) is 19.3 Å². The largest absolute Gasteiger partial charge is 0.494 e. The summed E-state index contributed by atoms with van der Waals surface area (Å²) in [7, 11) is 1.90. The molecule has 0 saturated carbocycles. The zero-order valence-corrected chi connectivity index (χ0v) is 20.7. The van der Waals surface area contributed by atoms with Crippen LogP contribution in [0.2, 0.25) is 0 Å². The molecule has 35 heavy (non-hydrogen) atoms. The van der Waals surface area contributed by atoms with E-state index < -0.39 is 11.9 Å². The van der Waals surface area contributed by atoms with E-state index in [-0.39, 0.29) is 6.61 Å². The zero-order chi connectivity index (χ0) is 25.2. The molecule has 2 aromatic heterocycles. The average Bonchev–Trinajstić information content (AvgIpc) is 3.42. The number of aryl methyl sites for hydroxylation is 1. The topological polar surface area (TPSA) is 104 Å². The molecule has 0 fully saturated rings. The van der Waals surface area contributed by atoms with Gasteiger partial charge < -0.3 is 24.4 Å². The summed E-state index contributed by atoms with van der Waals surface area (Å²) in [6.45, 7) is 8.26. The van der Waals surface area contributed by atoms with Crippen LogP contribution in [0.3, 0.4) is 0 Å². The van der Waals surface area contributed by atoms with Gasteiger partial charge in [0.05, 0.1) is 48.6 Å². The van der Waals surface area contributed by atoms with Gasteiger partial charge in [-0.3, -0.25) is 4.68 Å². The predicted octanol–water partition coefficient (Wildman–Crippen LogP) is 3.83. The van der Waals surface area contributed by atoms with E-state index in [2.05, 4.69) is 5.10 Å². The molecule has 2 aromatic carbocycles. The highest BCUT2D eigenvalue weighted by molar-refractivity contribution is 5.87. The number of aliphatic hydroxyl groups excluding tert-OH is 1. The fourth-order valence-corrected chi connectivity index (χ4v) is 3.83. The lowest BCUT2D eigenvalue weighted by atomic mass is 10.1. The first-order valence-corrected chi connectivity index (χ1v) is 11.6. The molecule has 0 saturated heterocycles. The number of aliphatic hydroxyl groups is 2. The van der Waals surface area contributed by atoms with Gasteiger partial charge in [-0.1, -0.05) is 12.1 Å². The minimum Gasteiger partial charge on any atom is -0.494 e. The Hall–Kier alpha value is -3.40. The van der Waals surface area contributed by atoms with Gasteiger partial charge in [0, 0.05) is 24.1 Å². The summed E-state index contributed by atoms with van der Waals surface area (Å²) < 4.78 is 21.1. The van der Waals surface area contributed by atoms with Crippen LogP contribution in [-0.4, -0.2) is 54.9 Å². The Bertz CT molecular complexity index is 1280. The van der Waals surface area contributed by atoms with E-state index >= 15 is 0 Å². The van der Waals surface area contributed by atoms with Gasteiger partial charge in [0.15, 0.2) is 6.29 Å². The Labute approximate surface area is 204 Å². The Morgan fingerprint density at radius 3 is 2.31 bits per heavy atom. The molecular formula is C26H32N4O5. The quantitative estimate of drug-likeness (QED) is 0.333. The molecule has 2 heterocycles. The van der Waals surface area contributed by atoms with Crippen molar-refractivity contribution >= 4 is 10.9 Å². The van der Waals surface area contributed by atoms with Crippen LogP contribution in [0.25, 0.3) is 27.8 Å². The Morgan fingerprint density at radius 2 is 1.69 bits per heavy atom. The van der Waals surface area contributed by atoms with E-state index in [0.717, 1.165) is 27.8 Å². The minimum absolute atomic E-state index is 0.0927. The number of fused-ring (bicyclic) bond motifs is 1. The fourth-order valence-electron chi connectivity index (χ4n) is 3.83. The van der Waals surface area contributed by atoms with Crippen molar-refractivity contribution in [1.82, 2.24) is 19.6 Å². The summed E-state index contributed by atoms with van der Waals surface area (Å²) in [4.78, 5) is 0. The third kappa shape index (κ3) is 5.17. The standard InChI is InChI=1S/C26H32N4O5/c1-6-33-20-11-18(12-21(14-20)34-7-2)23-13-19(16-35-26(3,4)25(31)32)28-30(23)22-10-8-9-17-15-27-29(5)24(17)22/h8-15,25,31-32H,6-7,16H2,1-5H3. The molecule has 4 aromatic rings. The Balaban J connectivity index is 1.87. The monoisotopic (exact) mass is 480 g/mol. The highest BCUT2D eigenvalue weighted by Crippen LogP contribution is 2.34. The van der Waals surface area contributed by atoms with Crippen molar-refractivity contribution in [2.45, 2.75) is 46.2 Å². The lowest BCUT2D eigenvalue weighted by Crippen LogP contribution is -2.38. The van der Waals surface area contributed by atoms with Crippen molar-refractivity contribution in [2.24, 2.45) is 7.05 Å². The van der Waals surface area contributed by atoms with Gasteiger partial charge in [0.1, 0.15) is 17.1 Å². The number of benzene rings is 2. The molecule has 0 spiro atoms. The molecule has 0 bridgehead atoms. The highest BCUT2D eigenvalue weighted by atomic mass is 16.6. The van der Waals surface area contributed by atoms with Crippen molar-refractivity contribution in [3.63, 3.8) is 0 Å². The lowest BCUT2D eigenvalue weighted by molar-refractivity contribution is -0.197. The van der Waals surface area contributed by atoms with Crippen LogP contribution in [0.4, 0.5) is 0 Å². The van der Waals surface area contributed by atoms with Gasteiger partial charge in [-0.25, -0.2) is 4.68 Å². The van der Waals surface area contributed by atoms with Crippen LogP contribution in [0.15, 0.2) is 48.7 Å². The van der Waals surface area contributed by atoms with Crippen LogP contribution >= 0.6 is 0 Å². The highest BCUT2D eigenvalue weighted by Gasteiger charge is 2.27. The molecule has 0 unspecified atom stereocenters. The first-order chi connectivity index (χ1) is 16.7. The van der Waals surface area contributed by atoms with E-state index in [0.29, 0.717) is 30.4 Å². The summed E-state index contributed by atoms with van der Waals surface area (Å²) in [6.07, 6.45) is 0.198. The molecule has 0 radical (unpaired) electrons. The lowest BCUT2D eigenvalue weighted by Gasteiger charge is -2.26. The molecule has 4 rings (SSSR count). The molecule has 0 amide bonds. The van der Waals surface area contributed by atoms with Gasteiger partial charge >= 0.3 is 0 Å².